The van der Waals surface area contributed by atoms with Crippen LogP contribution in [0.2, 0.25) is 0 Å². The maximum Gasteiger partial charge on any atom is 0.126 e. The quantitative estimate of drug-likeness (QED) is 0.827. The van der Waals surface area contributed by atoms with E-state index in [0.717, 1.165) is 0 Å². The minimum atomic E-state index is -0.479. The average molecular weight is 240 g/mol. The molecule has 0 aliphatic rings. The van der Waals surface area contributed by atoms with Gasteiger partial charge in [0.1, 0.15) is 23.9 Å². The molecule has 0 heterocycles. The molecule has 0 aliphatic heterocycles. The second-order valence-electron chi connectivity index (χ2n) is 4.17. The Hall–Kier alpha value is -1.42. The number of benzene rings is 1. The van der Waals surface area contributed by atoms with Crippen LogP contribution in [0.5, 0.6) is 17.2 Å². The number of aliphatic hydroxyl groups excluding tert-OH is 1. The molecule has 0 spiro atoms. The fraction of sp³-hybridized carbons (Fsp3) is 0.538. The summed E-state index contributed by atoms with van der Waals surface area (Å²) >= 11 is 0. The topological polar surface area (TPSA) is 47.9 Å². The molecule has 0 saturated heterocycles. The zero-order valence-electron chi connectivity index (χ0n) is 10.8. The standard InChI is InChI=1S/C13H20O4/c1-9(2)13(14)8-17-12-6-10(15-3)5-11(7-12)16-4/h5-7,9,13-14H,8H2,1-4H3. The van der Waals surface area contributed by atoms with Crippen LogP contribution in [-0.2, 0) is 0 Å². The first-order valence-electron chi connectivity index (χ1n) is 5.60. The van der Waals surface area contributed by atoms with Gasteiger partial charge >= 0.3 is 0 Å². The molecule has 1 unspecified atom stereocenters. The van der Waals surface area contributed by atoms with Crippen LogP contribution in [-0.4, -0.2) is 32.0 Å². The first kappa shape index (κ1) is 13.6. The molecular formula is C13H20O4. The molecule has 1 N–H and O–H groups in total. The van der Waals surface area contributed by atoms with Gasteiger partial charge in [-0.1, -0.05) is 13.8 Å². The minimum Gasteiger partial charge on any atom is -0.496 e. The predicted molar refractivity (Wildman–Crippen MR) is 65.9 cm³/mol. The molecule has 0 amide bonds. The van der Waals surface area contributed by atoms with Crippen LogP contribution in [0.4, 0.5) is 0 Å². The predicted octanol–water partition coefficient (Wildman–Crippen LogP) is 2.10. The number of hydrogen-bond acceptors (Lipinski definition) is 4. The molecule has 96 valence electrons. The SMILES string of the molecule is COc1cc(OC)cc(OCC(O)C(C)C)c1. The normalized spacial score (nSPS) is 12.4. The van der Waals surface area contributed by atoms with Gasteiger partial charge in [0.2, 0.25) is 0 Å². The smallest absolute Gasteiger partial charge is 0.126 e. The van der Waals surface area contributed by atoms with E-state index in [1.54, 1.807) is 32.4 Å². The Morgan fingerprint density at radius 3 is 1.88 bits per heavy atom. The van der Waals surface area contributed by atoms with Gasteiger partial charge in [0.25, 0.3) is 0 Å². The molecule has 0 fully saturated rings. The third-order valence-electron chi connectivity index (χ3n) is 2.52. The summed E-state index contributed by atoms with van der Waals surface area (Å²) in [6, 6.07) is 5.29. The summed E-state index contributed by atoms with van der Waals surface area (Å²) in [5.74, 6) is 2.13. The highest BCUT2D eigenvalue weighted by atomic mass is 16.5. The number of rotatable bonds is 6. The summed E-state index contributed by atoms with van der Waals surface area (Å²) in [5, 5.41) is 9.65. The first-order valence-corrected chi connectivity index (χ1v) is 5.60. The lowest BCUT2D eigenvalue weighted by Gasteiger charge is -2.16. The van der Waals surface area contributed by atoms with Crippen LogP contribution in [0.25, 0.3) is 0 Å². The summed E-state index contributed by atoms with van der Waals surface area (Å²) in [5.41, 5.74) is 0. The van der Waals surface area contributed by atoms with Crippen molar-refractivity contribution in [2.24, 2.45) is 5.92 Å². The van der Waals surface area contributed by atoms with Crippen molar-refractivity contribution in [2.45, 2.75) is 20.0 Å². The van der Waals surface area contributed by atoms with E-state index >= 15 is 0 Å². The van der Waals surface area contributed by atoms with Crippen LogP contribution in [0, 0.1) is 5.92 Å². The second-order valence-corrected chi connectivity index (χ2v) is 4.17. The van der Waals surface area contributed by atoms with Crippen molar-refractivity contribution in [3.63, 3.8) is 0 Å². The summed E-state index contributed by atoms with van der Waals surface area (Å²) in [4.78, 5) is 0. The van der Waals surface area contributed by atoms with E-state index in [1.807, 2.05) is 13.8 Å². The number of hydrogen-bond donors (Lipinski definition) is 1. The molecule has 0 aromatic heterocycles. The Balaban J connectivity index is 2.70. The van der Waals surface area contributed by atoms with Crippen LogP contribution >= 0.6 is 0 Å². The molecule has 0 bridgehead atoms. The minimum absolute atomic E-state index is 0.169. The molecule has 4 nitrogen and oxygen atoms in total. The van der Waals surface area contributed by atoms with Crippen molar-refractivity contribution in [3.05, 3.63) is 18.2 Å². The Morgan fingerprint density at radius 2 is 1.47 bits per heavy atom. The van der Waals surface area contributed by atoms with E-state index in [0.29, 0.717) is 17.2 Å². The van der Waals surface area contributed by atoms with Crippen LogP contribution in [0.1, 0.15) is 13.8 Å². The summed E-state index contributed by atoms with van der Waals surface area (Å²) in [7, 11) is 3.17. The maximum absolute atomic E-state index is 9.65. The fourth-order valence-electron chi connectivity index (χ4n) is 1.24. The molecular weight excluding hydrogens is 220 g/mol. The van der Waals surface area contributed by atoms with Gasteiger partial charge in [0.15, 0.2) is 0 Å². The zero-order valence-corrected chi connectivity index (χ0v) is 10.8. The molecule has 1 atom stereocenters. The average Bonchev–Trinajstić information content (AvgIpc) is 2.35. The highest BCUT2D eigenvalue weighted by Crippen LogP contribution is 2.27. The lowest BCUT2D eigenvalue weighted by molar-refractivity contribution is 0.0699. The van der Waals surface area contributed by atoms with E-state index in [-0.39, 0.29) is 12.5 Å². The fourth-order valence-corrected chi connectivity index (χ4v) is 1.24. The van der Waals surface area contributed by atoms with E-state index < -0.39 is 6.10 Å². The highest BCUT2D eigenvalue weighted by Gasteiger charge is 2.10. The molecule has 0 aliphatic carbocycles. The van der Waals surface area contributed by atoms with E-state index in [9.17, 15) is 5.11 Å². The van der Waals surface area contributed by atoms with E-state index in [1.165, 1.54) is 0 Å². The molecule has 1 rings (SSSR count). The first-order chi connectivity index (χ1) is 8.06. The molecule has 1 aromatic rings. The van der Waals surface area contributed by atoms with Crippen molar-refractivity contribution >= 4 is 0 Å². The van der Waals surface area contributed by atoms with Crippen molar-refractivity contribution in [1.82, 2.24) is 0 Å². The number of aliphatic hydroxyl groups is 1. The van der Waals surface area contributed by atoms with Crippen molar-refractivity contribution in [3.8, 4) is 17.2 Å². The summed E-state index contributed by atoms with van der Waals surface area (Å²) < 4.78 is 15.8. The van der Waals surface area contributed by atoms with Crippen molar-refractivity contribution < 1.29 is 19.3 Å². The van der Waals surface area contributed by atoms with Gasteiger partial charge in [-0.3, -0.25) is 0 Å². The molecule has 4 heteroatoms. The lowest BCUT2D eigenvalue weighted by Crippen LogP contribution is -2.23. The van der Waals surface area contributed by atoms with Gasteiger partial charge in [0, 0.05) is 18.2 Å². The Kier molecular flexibility index (Phi) is 5.10. The Morgan fingerprint density at radius 1 is 1.00 bits per heavy atom. The van der Waals surface area contributed by atoms with Gasteiger partial charge in [-0.05, 0) is 5.92 Å². The molecule has 1 aromatic carbocycles. The third-order valence-corrected chi connectivity index (χ3v) is 2.52. The van der Waals surface area contributed by atoms with Crippen molar-refractivity contribution in [1.29, 1.82) is 0 Å². The van der Waals surface area contributed by atoms with E-state index in [4.69, 9.17) is 14.2 Å². The maximum atomic E-state index is 9.65. The zero-order chi connectivity index (χ0) is 12.8. The summed E-state index contributed by atoms with van der Waals surface area (Å²) in [6.07, 6.45) is -0.479. The summed E-state index contributed by atoms with van der Waals surface area (Å²) in [6.45, 7) is 4.15. The monoisotopic (exact) mass is 240 g/mol. The third kappa shape index (κ3) is 4.15. The van der Waals surface area contributed by atoms with Gasteiger partial charge in [0.05, 0.1) is 20.3 Å². The largest absolute Gasteiger partial charge is 0.496 e. The lowest BCUT2D eigenvalue weighted by atomic mass is 10.1. The highest BCUT2D eigenvalue weighted by molar-refractivity contribution is 5.41. The van der Waals surface area contributed by atoms with E-state index in [2.05, 4.69) is 0 Å². The van der Waals surface area contributed by atoms with Gasteiger partial charge in [-0.15, -0.1) is 0 Å². The van der Waals surface area contributed by atoms with Crippen LogP contribution < -0.4 is 14.2 Å². The number of ether oxygens (including phenoxy) is 3. The molecule has 0 radical (unpaired) electrons. The van der Waals surface area contributed by atoms with Gasteiger partial charge < -0.3 is 19.3 Å². The van der Waals surface area contributed by atoms with Crippen LogP contribution in [0.3, 0.4) is 0 Å². The Labute approximate surface area is 102 Å². The second kappa shape index (κ2) is 6.35. The van der Waals surface area contributed by atoms with Gasteiger partial charge in [-0.25, -0.2) is 0 Å². The van der Waals surface area contributed by atoms with Crippen LogP contribution in [0.15, 0.2) is 18.2 Å². The van der Waals surface area contributed by atoms with Gasteiger partial charge in [-0.2, -0.15) is 0 Å². The molecule has 0 saturated carbocycles. The number of methoxy groups -OCH3 is 2. The molecule has 17 heavy (non-hydrogen) atoms. The van der Waals surface area contributed by atoms with Crippen molar-refractivity contribution in [2.75, 3.05) is 20.8 Å². The Bertz CT molecular complexity index is 327.